The van der Waals surface area contributed by atoms with E-state index >= 15 is 0 Å². The second kappa shape index (κ2) is 15.5. The van der Waals surface area contributed by atoms with Gasteiger partial charge in [-0.3, -0.25) is 0 Å². The first-order valence-corrected chi connectivity index (χ1v) is 11.5. The second-order valence-corrected chi connectivity index (χ2v) is 9.92. The summed E-state index contributed by atoms with van der Waals surface area (Å²) in [4.78, 5) is 5.06. The summed E-state index contributed by atoms with van der Waals surface area (Å²) < 4.78 is 17.5. The van der Waals surface area contributed by atoms with Gasteiger partial charge in [0.15, 0.2) is 5.75 Å². The third-order valence-corrected chi connectivity index (χ3v) is 4.58. The van der Waals surface area contributed by atoms with E-state index in [9.17, 15) is 0 Å². The lowest BCUT2D eigenvalue weighted by molar-refractivity contribution is 0.156. The van der Waals surface area contributed by atoms with E-state index in [2.05, 4.69) is 37.0 Å². The Morgan fingerprint density at radius 1 is 1.00 bits per heavy atom. The van der Waals surface area contributed by atoms with Gasteiger partial charge in [0.05, 0.1) is 26.7 Å². The number of halogens is 6. The fraction of sp³-hybridized carbons (Fsp3) is 0.389. The van der Waals surface area contributed by atoms with Crippen molar-refractivity contribution in [2.75, 3.05) is 26.4 Å². The van der Waals surface area contributed by atoms with E-state index in [1.54, 1.807) is 25.1 Å². The Bertz CT molecular complexity index is 714. The highest BCUT2D eigenvalue weighted by molar-refractivity contribution is 9.28. The van der Waals surface area contributed by atoms with Crippen molar-refractivity contribution in [2.24, 2.45) is 5.16 Å². The minimum absolute atomic E-state index is 0.125. The van der Waals surface area contributed by atoms with Crippen LogP contribution >= 0.6 is 78.3 Å². The maximum atomic E-state index is 6.22. The predicted molar refractivity (Wildman–Crippen MR) is 127 cm³/mol. The molecule has 1 aromatic carbocycles. The molecule has 0 saturated heterocycles. The molecule has 0 saturated carbocycles. The van der Waals surface area contributed by atoms with E-state index in [1.165, 1.54) is 6.08 Å². The Labute approximate surface area is 207 Å². The van der Waals surface area contributed by atoms with Gasteiger partial charge in [-0.05, 0) is 56.9 Å². The minimum Gasteiger partial charge on any atom is -0.490 e. The molecule has 11 heteroatoms. The highest BCUT2D eigenvalue weighted by atomic mass is 79.9. The van der Waals surface area contributed by atoms with E-state index in [0.717, 1.165) is 16.2 Å². The van der Waals surface area contributed by atoms with Crippen molar-refractivity contribution in [3.63, 3.8) is 0 Å². The van der Waals surface area contributed by atoms with Crippen molar-refractivity contribution in [2.45, 2.75) is 19.8 Å². The van der Waals surface area contributed by atoms with Gasteiger partial charge >= 0.3 is 0 Å². The summed E-state index contributed by atoms with van der Waals surface area (Å²) >= 11 is 29.9. The minimum atomic E-state index is 0.125. The van der Waals surface area contributed by atoms with Crippen LogP contribution in [0.4, 0.5) is 0 Å². The van der Waals surface area contributed by atoms with Crippen LogP contribution in [0.3, 0.4) is 0 Å². The zero-order chi connectivity index (χ0) is 21.6. The highest BCUT2D eigenvalue weighted by Crippen LogP contribution is 2.37. The van der Waals surface area contributed by atoms with Gasteiger partial charge in [0, 0.05) is 19.1 Å². The zero-order valence-electron chi connectivity index (χ0n) is 15.4. The van der Waals surface area contributed by atoms with Gasteiger partial charge < -0.3 is 19.0 Å². The van der Waals surface area contributed by atoms with Crippen molar-refractivity contribution in [1.82, 2.24) is 0 Å². The molecule has 1 rings (SSSR count). The van der Waals surface area contributed by atoms with Gasteiger partial charge in [0.25, 0.3) is 0 Å². The number of hydrogen-bond donors (Lipinski definition) is 0. The lowest BCUT2D eigenvalue weighted by Gasteiger charge is -2.12. The Balaban J connectivity index is 2.31. The van der Waals surface area contributed by atoms with Crippen molar-refractivity contribution >= 4 is 84.2 Å². The van der Waals surface area contributed by atoms with Crippen molar-refractivity contribution in [1.29, 1.82) is 0 Å². The number of hydrogen-bond acceptors (Lipinski definition) is 5. The number of unbranched alkanes of at least 4 members (excludes halogenated alkanes) is 1. The largest absolute Gasteiger partial charge is 0.490 e. The van der Waals surface area contributed by atoms with Gasteiger partial charge in [0.2, 0.25) is 5.90 Å². The van der Waals surface area contributed by atoms with Crippen LogP contribution in [-0.4, -0.2) is 32.3 Å². The van der Waals surface area contributed by atoms with Crippen LogP contribution in [0.2, 0.25) is 10.0 Å². The average molecular weight is 615 g/mol. The first-order chi connectivity index (χ1) is 13.8. The van der Waals surface area contributed by atoms with Gasteiger partial charge in [-0.25, -0.2) is 0 Å². The first-order valence-electron chi connectivity index (χ1n) is 8.36. The topological polar surface area (TPSA) is 49.3 Å². The standard InChI is InChI=1S/C18H19Br2Cl4NO4/c1-12(25-29-9-4-16(19)20)26-6-2-3-7-28-18-14(21)10-13(11-15(18)22)27-8-5-17(23)24/h4-5,10-11H,2-3,6-9H2,1H3. The molecule has 0 bridgehead atoms. The number of ether oxygens (including phenoxy) is 3. The molecule has 0 heterocycles. The monoisotopic (exact) mass is 611 g/mol. The Hall–Kier alpha value is -0.310. The molecule has 0 spiro atoms. The number of rotatable bonds is 12. The molecule has 5 nitrogen and oxygen atoms in total. The van der Waals surface area contributed by atoms with Crippen LogP contribution in [0.5, 0.6) is 11.5 Å². The molecule has 1 aromatic rings. The van der Waals surface area contributed by atoms with Crippen LogP contribution in [-0.2, 0) is 9.57 Å². The molecular weight excluding hydrogens is 596 g/mol. The van der Waals surface area contributed by atoms with Crippen molar-refractivity contribution < 1.29 is 19.0 Å². The molecule has 0 fully saturated rings. The fourth-order valence-corrected chi connectivity index (χ4v) is 2.78. The molecule has 0 amide bonds. The molecule has 0 N–H and O–H groups in total. The Morgan fingerprint density at radius 2 is 1.66 bits per heavy atom. The second-order valence-electron chi connectivity index (χ2n) is 5.32. The van der Waals surface area contributed by atoms with E-state index < -0.39 is 0 Å². The normalized spacial score (nSPS) is 10.9. The van der Waals surface area contributed by atoms with Crippen molar-refractivity contribution in [3.8, 4) is 11.5 Å². The van der Waals surface area contributed by atoms with Crippen LogP contribution in [0.15, 0.2) is 37.3 Å². The summed E-state index contributed by atoms with van der Waals surface area (Å²) in [6.07, 6.45) is 4.80. The molecule has 29 heavy (non-hydrogen) atoms. The molecule has 0 radical (unpaired) electrons. The maximum Gasteiger partial charge on any atom is 0.222 e. The van der Waals surface area contributed by atoms with E-state index in [4.69, 9.17) is 65.5 Å². The third kappa shape index (κ3) is 12.9. The summed E-state index contributed by atoms with van der Waals surface area (Å²) in [5, 5.41) is 4.55. The molecule has 0 unspecified atom stereocenters. The first kappa shape index (κ1) is 26.7. The summed E-state index contributed by atoms with van der Waals surface area (Å²) in [5.41, 5.74) is 0. The smallest absolute Gasteiger partial charge is 0.222 e. The molecule has 0 atom stereocenters. The highest BCUT2D eigenvalue weighted by Gasteiger charge is 2.10. The van der Waals surface area contributed by atoms with E-state index in [1.807, 2.05) is 0 Å². The van der Waals surface area contributed by atoms with Crippen LogP contribution in [0.1, 0.15) is 19.8 Å². The lowest BCUT2D eigenvalue weighted by atomic mass is 10.3. The van der Waals surface area contributed by atoms with Crippen molar-refractivity contribution in [3.05, 3.63) is 42.2 Å². The lowest BCUT2D eigenvalue weighted by Crippen LogP contribution is -2.05. The third-order valence-electron chi connectivity index (χ3n) is 3.06. The SMILES string of the molecule is CC(=NOCC=C(Br)Br)OCCCCOc1c(Cl)cc(OCC=C(Cl)Cl)cc1Cl. The fourth-order valence-electron chi connectivity index (χ4n) is 1.81. The summed E-state index contributed by atoms with van der Waals surface area (Å²) in [5.74, 6) is 1.35. The Kier molecular flexibility index (Phi) is 14.3. The molecule has 0 aliphatic carbocycles. The predicted octanol–water partition coefficient (Wildman–Crippen LogP) is 7.85. The molecular formula is C18H19Br2Cl4NO4. The summed E-state index contributed by atoms with van der Waals surface area (Å²) in [6.45, 7) is 3.19. The van der Waals surface area contributed by atoms with E-state index in [0.29, 0.717) is 47.3 Å². The van der Waals surface area contributed by atoms with Crippen LogP contribution < -0.4 is 9.47 Å². The van der Waals surface area contributed by atoms with Gasteiger partial charge in [0.1, 0.15) is 23.5 Å². The Morgan fingerprint density at radius 3 is 2.28 bits per heavy atom. The summed E-state index contributed by atoms with van der Waals surface area (Å²) in [6, 6.07) is 3.23. The van der Waals surface area contributed by atoms with E-state index in [-0.39, 0.29) is 11.1 Å². The molecule has 0 aliphatic rings. The quantitative estimate of drug-likeness (QED) is 0.104. The van der Waals surface area contributed by atoms with Crippen LogP contribution in [0, 0.1) is 0 Å². The van der Waals surface area contributed by atoms with Gasteiger partial charge in [-0.1, -0.05) is 51.6 Å². The van der Waals surface area contributed by atoms with Gasteiger partial charge in [-0.2, -0.15) is 0 Å². The molecule has 0 aliphatic heterocycles. The number of benzene rings is 1. The number of nitrogens with zero attached hydrogens (tertiary/aromatic N) is 1. The summed E-state index contributed by atoms with van der Waals surface area (Å²) in [7, 11) is 0. The number of oxime groups is 1. The van der Waals surface area contributed by atoms with Crippen LogP contribution in [0.25, 0.3) is 0 Å². The van der Waals surface area contributed by atoms with Gasteiger partial charge in [-0.15, -0.1) is 0 Å². The molecule has 162 valence electrons. The zero-order valence-corrected chi connectivity index (χ0v) is 21.6. The maximum absolute atomic E-state index is 6.22. The average Bonchev–Trinajstić information content (AvgIpc) is 2.63. The molecule has 0 aromatic heterocycles.